The summed E-state index contributed by atoms with van der Waals surface area (Å²) in [7, 11) is 0. The van der Waals surface area contributed by atoms with Gasteiger partial charge in [-0.1, -0.05) is 12.1 Å². The van der Waals surface area contributed by atoms with E-state index in [0.717, 1.165) is 31.2 Å². The Labute approximate surface area is 109 Å². The molecule has 0 heterocycles. The summed E-state index contributed by atoms with van der Waals surface area (Å²) in [6.45, 7) is 1.30. The number of unbranched alkanes of at least 4 members (excludes halogenated alkanes) is 2. The number of hydrogen-bond acceptors (Lipinski definition) is 2. The number of rotatable bonds is 7. The van der Waals surface area contributed by atoms with Crippen LogP contribution < -0.4 is 11.1 Å². The number of hydrogen-bond donors (Lipinski definition) is 2. The van der Waals surface area contributed by atoms with Gasteiger partial charge in [-0.25, -0.2) is 0 Å². The summed E-state index contributed by atoms with van der Waals surface area (Å²) in [6, 6.07) is 7.56. The second-order valence-corrected chi connectivity index (χ2v) is 4.15. The Morgan fingerprint density at radius 3 is 2.61 bits per heavy atom. The minimum absolute atomic E-state index is 0.0324. The average molecular weight is 244 g/mol. The Balaban J connectivity index is 2.35. The third-order valence-electron chi connectivity index (χ3n) is 2.68. The first-order valence-electron chi connectivity index (χ1n) is 6.28. The van der Waals surface area contributed by atoms with Gasteiger partial charge in [0, 0.05) is 18.5 Å². The van der Waals surface area contributed by atoms with E-state index in [-0.39, 0.29) is 5.91 Å². The molecule has 1 rings (SSSR count). The highest BCUT2D eigenvalue weighted by molar-refractivity contribution is 5.94. The first kappa shape index (κ1) is 14.3. The number of benzene rings is 1. The predicted octanol–water partition coefficient (Wildman–Crippen LogP) is 1.72. The van der Waals surface area contributed by atoms with Crippen LogP contribution >= 0.6 is 0 Å². The third kappa shape index (κ3) is 5.03. The SMILES string of the molecule is C#CCCCCNC(=O)c1ccc(CCN)cc1. The largest absolute Gasteiger partial charge is 0.352 e. The van der Waals surface area contributed by atoms with Crippen LogP contribution in [0.2, 0.25) is 0 Å². The zero-order valence-corrected chi connectivity index (χ0v) is 10.6. The monoisotopic (exact) mass is 244 g/mol. The molecule has 0 aromatic heterocycles. The van der Waals surface area contributed by atoms with Crippen molar-refractivity contribution < 1.29 is 4.79 Å². The van der Waals surface area contributed by atoms with E-state index in [4.69, 9.17) is 12.2 Å². The van der Waals surface area contributed by atoms with E-state index in [0.29, 0.717) is 18.7 Å². The molecule has 3 N–H and O–H groups in total. The van der Waals surface area contributed by atoms with Crippen molar-refractivity contribution in [3.8, 4) is 12.3 Å². The van der Waals surface area contributed by atoms with Crippen LogP contribution in [0.15, 0.2) is 24.3 Å². The molecule has 0 saturated carbocycles. The van der Waals surface area contributed by atoms with Gasteiger partial charge in [-0.05, 0) is 43.5 Å². The zero-order valence-electron chi connectivity index (χ0n) is 10.6. The van der Waals surface area contributed by atoms with Crippen molar-refractivity contribution >= 4 is 5.91 Å². The lowest BCUT2D eigenvalue weighted by molar-refractivity contribution is 0.0953. The number of nitrogens with two attached hydrogens (primary N) is 1. The molecule has 96 valence electrons. The van der Waals surface area contributed by atoms with E-state index in [9.17, 15) is 4.79 Å². The molecule has 3 heteroatoms. The summed E-state index contributed by atoms with van der Waals surface area (Å²) in [5.41, 5.74) is 7.31. The molecule has 18 heavy (non-hydrogen) atoms. The van der Waals surface area contributed by atoms with Gasteiger partial charge in [0.2, 0.25) is 0 Å². The molecule has 0 saturated heterocycles. The van der Waals surface area contributed by atoms with Crippen molar-refractivity contribution in [1.29, 1.82) is 0 Å². The summed E-state index contributed by atoms with van der Waals surface area (Å²) in [6.07, 6.45) is 8.63. The standard InChI is InChI=1S/C15H20N2O/c1-2-3-4-5-12-17-15(18)14-8-6-13(7-9-14)10-11-16/h1,6-9H,3-5,10-12,16H2,(H,17,18). The van der Waals surface area contributed by atoms with Gasteiger partial charge in [0.15, 0.2) is 0 Å². The summed E-state index contributed by atoms with van der Waals surface area (Å²) >= 11 is 0. The topological polar surface area (TPSA) is 55.1 Å². The van der Waals surface area contributed by atoms with Gasteiger partial charge in [-0.15, -0.1) is 12.3 Å². The lowest BCUT2D eigenvalue weighted by Gasteiger charge is -2.05. The Morgan fingerprint density at radius 2 is 2.00 bits per heavy atom. The maximum Gasteiger partial charge on any atom is 0.251 e. The molecule has 1 aromatic carbocycles. The Hall–Kier alpha value is -1.79. The minimum Gasteiger partial charge on any atom is -0.352 e. The van der Waals surface area contributed by atoms with Crippen molar-refractivity contribution in [2.24, 2.45) is 5.73 Å². The Kier molecular flexibility index (Phi) is 6.60. The van der Waals surface area contributed by atoms with Crippen LogP contribution in [0.4, 0.5) is 0 Å². The van der Waals surface area contributed by atoms with Crippen LogP contribution in [0.3, 0.4) is 0 Å². The summed E-state index contributed by atoms with van der Waals surface area (Å²) in [5.74, 6) is 2.55. The maximum atomic E-state index is 11.8. The maximum absolute atomic E-state index is 11.8. The highest BCUT2D eigenvalue weighted by Gasteiger charge is 2.03. The fourth-order valence-corrected chi connectivity index (χ4v) is 1.65. The van der Waals surface area contributed by atoms with Crippen LogP contribution in [-0.2, 0) is 6.42 Å². The second kappa shape index (κ2) is 8.32. The number of carbonyl (C=O) groups is 1. The molecule has 0 atom stereocenters. The van der Waals surface area contributed by atoms with E-state index in [1.54, 1.807) is 0 Å². The Morgan fingerprint density at radius 1 is 1.28 bits per heavy atom. The normalized spacial score (nSPS) is 9.78. The van der Waals surface area contributed by atoms with E-state index in [2.05, 4.69) is 11.2 Å². The van der Waals surface area contributed by atoms with Crippen LogP contribution in [0.5, 0.6) is 0 Å². The second-order valence-electron chi connectivity index (χ2n) is 4.15. The van der Waals surface area contributed by atoms with Crippen molar-refractivity contribution in [2.45, 2.75) is 25.7 Å². The quantitative estimate of drug-likeness (QED) is 0.567. The lowest BCUT2D eigenvalue weighted by atomic mass is 10.1. The number of amides is 1. The third-order valence-corrected chi connectivity index (χ3v) is 2.68. The molecular formula is C15H20N2O. The lowest BCUT2D eigenvalue weighted by Crippen LogP contribution is -2.24. The Bertz CT molecular complexity index is 403. The van der Waals surface area contributed by atoms with E-state index < -0.39 is 0 Å². The smallest absolute Gasteiger partial charge is 0.251 e. The molecule has 0 aliphatic carbocycles. The fourth-order valence-electron chi connectivity index (χ4n) is 1.65. The summed E-state index contributed by atoms with van der Waals surface area (Å²) in [4.78, 5) is 11.8. The highest BCUT2D eigenvalue weighted by atomic mass is 16.1. The molecule has 0 aliphatic heterocycles. The molecule has 0 bridgehead atoms. The highest BCUT2D eigenvalue weighted by Crippen LogP contribution is 2.05. The molecule has 0 unspecified atom stereocenters. The molecule has 0 spiro atoms. The molecule has 1 aromatic rings. The summed E-state index contributed by atoms with van der Waals surface area (Å²) in [5, 5.41) is 2.88. The molecular weight excluding hydrogens is 224 g/mol. The molecule has 0 fully saturated rings. The summed E-state index contributed by atoms with van der Waals surface area (Å²) < 4.78 is 0. The number of nitrogens with one attached hydrogen (secondary N) is 1. The fraction of sp³-hybridized carbons (Fsp3) is 0.400. The molecule has 3 nitrogen and oxygen atoms in total. The van der Waals surface area contributed by atoms with E-state index in [1.165, 1.54) is 0 Å². The van der Waals surface area contributed by atoms with Gasteiger partial charge >= 0.3 is 0 Å². The van der Waals surface area contributed by atoms with Gasteiger partial charge in [0.05, 0.1) is 0 Å². The first-order valence-corrected chi connectivity index (χ1v) is 6.28. The number of terminal acetylenes is 1. The van der Waals surface area contributed by atoms with Gasteiger partial charge < -0.3 is 11.1 Å². The van der Waals surface area contributed by atoms with Gasteiger partial charge in [-0.3, -0.25) is 4.79 Å². The molecule has 1 amide bonds. The van der Waals surface area contributed by atoms with Crippen molar-refractivity contribution in [3.05, 3.63) is 35.4 Å². The van der Waals surface area contributed by atoms with Crippen LogP contribution in [0.25, 0.3) is 0 Å². The van der Waals surface area contributed by atoms with Crippen molar-refractivity contribution in [1.82, 2.24) is 5.32 Å². The van der Waals surface area contributed by atoms with Crippen LogP contribution in [-0.4, -0.2) is 19.0 Å². The van der Waals surface area contributed by atoms with Crippen LogP contribution in [0.1, 0.15) is 35.2 Å². The zero-order chi connectivity index (χ0) is 13.2. The van der Waals surface area contributed by atoms with Crippen molar-refractivity contribution in [3.63, 3.8) is 0 Å². The number of carbonyl (C=O) groups excluding carboxylic acids is 1. The van der Waals surface area contributed by atoms with Gasteiger partial charge in [-0.2, -0.15) is 0 Å². The molecule has 0 aliphatic rings. The van der Waals surface area contributed by atoms with Crippen LogP contribution in [0, 0.1) is 12.3 Å². The minimum atomic E-state index is -0.0324. The van der Waals surface area contributed by atoms with Gasteiger partial charge in [0.1, 0.15) is 0 Å². The van der Waals surface area contributed by atoms with Gasteiger partial charge in [0.25, 0.3) is 5.91 Å². The van der Waals surface area contributed by atoms with Crippen molar-refractivity contribution in [2.75, 3.05) is 13.1 Å². The van der Waals surface area contributed by atoms with E-state index in [1.807, 2.05) is 24.3 Å². The molecule has 0 radical (unpaired) electrons. The van der Waals surface area contributed by atoms with E-state index >= 15 is 0 Å². The first-order chi connectivity index (χ1) is 8.77. The predicted molar refractivity (Wildman–Crippen MR) is 74.2 cm³/mol. The average Bonchev–Trinajstić information content (AvgIpc) is 2.39.